The van der Waals surface area contributed by atoms with Gasteiger partial charge in [-0.15, -0.1) is 0 Å². The van der Waals surface area contributed by atoms with Crippen LogP contribution in [0.25, 0.3) is 0 Å². The fourth-order valence-corrected chi connectivity index (χ4v) is 4.29. The number of carbonyl (C=O) groups excluding carboxylic acids is 1. The van der Waals surface area contributed by atoms with E-state index in [9.17, 15) is 4.79 Å². The van der Waals surface area contributed by atoms with Crippen LogP contribution < -0.4 is 14.8 Å². The molecule has 4 aliphatic heterocycles. The summed E-state index contributed by atoms with van der Waals surface area (Å²) >= 11 is 0. The molecule has 1 atom stereocenters. The average molecular weight is 316 g/mol. The number of benzene rings is 1. The van der Waals surface area contributed by atoms with Crippen molar-refractivity contribution in [2.45, 2.75) is 38.3 Å². The zero-order chi connectivity index (χ0) is 16.0. The predicted octanol–water partition coefficient (Wildman–Crippen LogP) is 2.06. The van der Waals surface area contributed by atoms with Gasteiger partial charge in [0.2, 0.25) is 0 Å². The Morgan fingerprint density at radius 3 is 2.57 bits per heavy atom. The van der Waals surface area contributed by atoms with Gasteiger partial charge in [-0.05, 0) is 63.9 Å². The first-order chi connectivity index (χ1) is 11.1. The fraction of sp³-hybridized carbons (Fsp3) is 0.611. The first-order valence-corrected chi connectivity index (χ1v) is 8.51. The van der Waals surface area contributed by atoms with Crippen molar-refractivity contribution in [3.05, 3.63) is 23.8 Å². The van der Waals surface area contributed by atoms with Crippen LogP contribution in [0, 0.1) is 5.92 Å². The summed E-state index contributed by atoms with van der Waals surface area (Å²) in [6.07, 6.45) is 2.35. The van der Waals surface area contributed by atoms with Gasteiger partial charge in [0.25, 0.3) is 5.91 Å². The van der Waals surface area contributed by atoms with Crippen molar-refractivity contribution in [3.8, 4) is 11.5 Å². The van der Waals surface area contributed by atoms with Gasteiger partial charge >= 0.3 is 0 Å². The first kappa shape index (κ1) is 14.8. The predicted molar refractivity (Wildman–Crippen MR) is 87.1 cm³/mol. The lowest BCUT2D eigenvalue weighted by Crippen LogP contribution is -2.69. The van der Waals surface area contributed by atoms with Gasteiger partial charge in [-0.1, -0.05) is 0 Å². The van der Waals surface area contributed by atoms with Crippen LogP contribution in [0.5, 0.6) is 11.5 Å². The van der Waals surface area contributed by atoms with E-state index in [-0.39, 0.29) is 17.5 Å². The highest BCUT2D eigenvalue weighted by Crippen LogP contribution is 2.39. The van der Waals surface area contributed by atoms with E-state index < -0.39 is 0 Å². The summed E-state index contributed by atoms with van der Waals surface area (Å²) in [6.45, 7) is 7.87. The molecular formula is C18H24N2O3. The lowest BCUT2D eigenvalue weighted by atomic mass is 9.72. The van der Waals surface area contributed by atoms with Gasteiger partial charge in [0, 0.05) is 17.1 Å². The van der Waals surface area contributed by atoms with E-state index >= 15 is 0 Å². The largest absolute Gasteiger partial charge is 0.486 e. The lowest BCUT2D eigenvalue weighted by molar-refractivity contribution is -0.0378. The van der Waals surface area contributed by atoms with Crippen molar-refractivity contribution in [2.24, 2.45) is 5.92 Å². The van der Waals surface area contributed by atoms with Crippen molar-refractivity contribution in [3.63, 3.8) is 0 Å². The van der Waals surface area contributed by atoms with Gasteiger partial charge in [0.05, 0.1) is 0 Å². The van der Waals surface area contributed by atoms with Gasteiger partial charge < -0.3 is 14.8 Å². The second-order valence-electron chi connectivity index (χ2n) is 7.29. The summed E-state index contributed by atoms with van der Waals surface area (Å²) in [5, 5.41) is 3.29. The van der Waals surface area contributed by atoms with E-state index in [1.54, 1.807) is 6.07 Å². The smallest absolute Gasteiger partial charge is 0.251 e. The Bertz CT molecular complexity index is 621. The minimum absolute atomic E-state index is 0.0185. The Morgan fingerprint density at radius 2 is 1.87 bits per heavy atom. The van der Waals surface area contributed by atoms with Gasteiger partial charge in [-0.3, -0.25) is 9.69 Å². The second kappa shape index (κ2) is 5.41. The number of ether oxygens (including phenoxy) is 2. The summed E-state index contributed by atoms with van der Waals surface area (Å²) in [7, 11) is 0. The standard InChI is InChI=1S/C18H24N2O3/c1-18(2)16(12-5-7-20(18)8-6-12)19-17(21)13-3-4-14-15(11-13)23-10-9-22-14/h3-4,11-12,16H,5-10H2,1-2H3,(H,19,21)/t16-/m0/s1. The molecule has 5 nitrogen and oxygen atoms in total. The van der Waals surface area contributed by atoms with Gasteiger partial charge in [-0.25, -0.2) is 0 Å². The molecule has 0 spiro atoms. The molecule has 2 bridgehead atoms. The van der Waals surface area contributed by atoms with Gasteiger partial charge in [0.1, 0.15) is 13.2 Å². The molecule has 0 aliphatic carbocycles. The van der Waals surface area contributed by atoms with E-state index in [2.05, 4.69) is 24.1 Å². The first-order valence-electron chi connectivity index (χ1n) is 8.51. The fourth-order valence-electron chi connectivity index (χ4n) is 4.29. The number of nitrogens with zero attached hydrogens (tertiary/aromatic N) is 1. The molecule has 0 unspecified atom stereocenters. The normalized spacial score (nSPS) is 30.8. The third-order valence-corrected chi connectivity index (χ3v) is 5.68. The Hall–Kier alpha value is -1.75. The third-order valence-electron chi connectivity index (χ3n) is 5.68. The van der Waals surface area contributed by atoms with E-state index in [0.717, 1.165) is 18.8 Å². The number of rotatable bonds is 2. The number of fused-ring (bicyclic) bond motifs is 4. The molecule has 4 heterocycles. The molecule has 124 valence electrons. The van der Waals surface area contributed by atoms with E-state index in [0.29, 0.717) is 30.4 Å². The molecule has 5 heteroatoms. The van der Waals surface area contributed by atoms with Crippen LogP contribution in [0.3, 0.4) is 0 Å². The van der Waals surface area contributed by atoms with Crippen LogP contribution in [0.15, 0.2) is 18.2 Å². The Labute approximate surface area is 136 Å². The minimum Gasteiger partial charge on any atom is -0.486 e. The van der Waals surface area contributed by atoms with Crippen LogP contribution in [0.1, 0.15) is 37.0 Å². The monoisotopic (exact) mass is 316 g/mol. The minimum atomic E-state index is -0.0196. The molecular weight excluding hydrogens is 292 g/mol. The van der Waals surface area contributed by atoms with Crippen molar-refractivity contribution >= 4 is 5.91 Å². The number of hydrogen-bond donors (Lipinski definition) is 1. The molecule has 0 radical (unpaired) electrons. The number of hydrogen-bond acceptors (Lipinski definition) is 4. The Kier molecular flexibility index (Phi) is 3.48. The summed E-state index contributed by atoms with van der Waals surface area (Å²) < 4.78 is 11.1. The molecule has 1 aromatic rings. The summed E-state index contributed by atoms with van der Waals surface area (Å²) in [4.78, 5) is 15.2. The maximum Gasteiger partial charge on any atom is 0.251 e. The zero-order valence-corrected chi connectivity index (χ0v) is 13.8. The zero-order valence-electron chi connectivity index (χ0n) is 13.8. The number of piperidine rings is 3. The van der Waals surface area contributed by atoms with Crippen LogP contribution in [-0.4, -0.2) is 48.7 Å². The van der Waals surface area contributed by atoms with Crippen molar-refractivity contribution in [2.75, 3.05) is 26.3 Å². The SMILES string of the molecule is CC1(C)[C@@H](NC(=O)c2ccc3c(c2)OCCO3)C2CCN1CC2. The molecule has 23 heavy (non-hydrogen) atoms. The number of carbonyl (C=O) groups is 1. The number of nitrogens with one attached hydrogen (secondary N) is 1. The van der Waals surface area contributed by atoms with Crippen LogP contribution in [-0.2, 0) is 0 Å². The number of amides is 1. The summed E-state index contributed by atoms with van der Waals surface area (Å²) in [5.41, 5.74) is 0.659. The van der Waals surface area contributed by atoms with Crippen LogP contribution in [0.4, 0.5) is 0 Å². The Morgan fingerprint density at radius 1 is 1.17 bits per heavy atom. The van der Waals surface area contributed by atoms with Gasteiger partial charge in [0.15, 0.2) is 11.5 Å². The van der Waals surface area contributed by atoms with Gasteiger partial charge in [-0.2, -0.15) is 0 Å². The molecule has 0 aromatic heterocycles. The second-order valence-corrected chi connectivity index (χ2v) is 7.29. The van der Waals surface area contributed by atoms with Crippen LogP contribution >= 0.6 is 0 Å². The summed E-state index contributed by atoms with van der Waals surface area (Å²) in [6, 6.07) is 5.63. The third kappa shape index (κ3) is 2.47. The highest BCUT2D eigenvalue weighted by atomic mass is 16.6. The summed E-state index contributed by atoms with van der Waals surface area (Å²) in [5.74, 6) is 1.94. The molecule has 3 fully saturated rings. The molecule has 5 rings (SSSR count). The average Bonchev–Trinajstić information content (AvgIpc) is 2.58. The quantitative estimate of drug-likeness (QED) is 0.907. The molecule has 0 saturated carbocycles. The van der Waals surface area contributed by atoms with Crippen LogP contribution in [0.2, 0.25) is 0 Å². The molecule has 1 aromatic carbocycles. The Balaban J connectivity index is 1.53. The maximum absolute atomic E-state index is 12.7. The van der Waals surface area contributed by atoms with E-state index in [1.165, 1.54) is 12.8 Å². The molecule has 3 saturated heterocycles. The van der Waals surface area contributed by atoms with E-state index in [4.69, 9.17) is 9.47 Å². The molecule has 1 amide bonds. The maximum atomic E-state index is 12.7. The van der Waals surface area contributed by atoms with Crippen molar-refractivity contribution in [1.82, 2.24) is 10.2 Å². The highest BCUT2D eigenvalue weighted by molar-refractivity contribution is 5.95. The van der Waals surface area contributed by atoms with Crippen molar-refractivity contribution < 1.29 is 14.3 Å². The van der Waals surface area contributed by atoms with E-state index in [1.807, 2.05) is 12.1 Å². The topological polar surface area (TPSA) is 50.8 Å². The lowest BCUT2D eigenvalue weighted by Gasteiger charge is -2.56. The molecule has 4 aliphatic rings. The van der Waals surface area contributed by atoms with Crippen molar-refractivity contribution in [1.29, 1.82) is 0 Å². The highest BCUT2D eigenvalue weighted by Gasteiger charge is 2.48. The molecule has 1 N–H and O–H groups in total.